The summed E-state index contributed by atoms with van der Waals surface area (Å²) in [6.07, 6.45) is 23.2. The Bertz CT molecular complexity index is 250. The van der Waals surface area contributed by atoms with Crippen LogP contribution in [0.3, 0.4) is 0 Å². The van der Waals surface area contributed by atoms with Crippen LogP contribution in [0.1, 0.15) is 117 Å². The molecule has 0 fully saturated rings. The third-order valence-electron chi connectivity index (χ3n) is 5.62. The SMILES string of the molecule is CCCCCCCCCCCCCCCCCC(C)N(C)[SiH2]CCCl. The van der Waals surface area contributed by atoms with Crippen LogP contribution < -0.4 is 0 Å². The molecule has 1 atom stereocenters. The summed E-state index contributed by atoms with van der Waals surface area (Å²) in [5, 5.41) is 0. The van der Waals surface area contributed by atoms with E-state index in [4.69, 9.17) is 11.6 Å². The average molecular weight is 390 g/mol. The number of hydrogen-bond donors (Lipinski definition) is 0. The lowest BCUT2D eigenvalue weighted by Gasteiger charge is -2.24. The quantitative estimate of drug-likeness (QED) is 0.120. The normalized spacial score (nSPS) is 13.3. The molecule has 0 radical (unpaired) electrons. The molecule has 25 heavy (non-hydrogen) atoms. The van der Waals surface area contributed by atoms with E-state index in [1.807, 2.05) is 0 Å². The molecule has 0 bridgehead atoms. The monoisotopic (exact) mass is 389 g/mol. The highest BCUT2D eigenvalue weighted by atomic mass is 35.5. The van der Waals surface area contributed by atoms with E-state index in [0.717, 1.165) is 11.9 Å². The lowest BCUT2D eigenvalue weighted by molar-refractivity contribution is 0.374. The average Bonchev–Trinajstić information content (AvgIpc) is 2.62. The molecule has 0 heterocycles. The molecule has 0 saturated heterocycles. The molecule has 0 N–H and O–H groups in total. The van der Waals surface area contributed by atoms with Crippen molar-refractivity contribution in [3.05, 3.63) is 0 Å². The molecule has 0 rings (SSSR count). The van der Waals surface area contributed by atoms with Gasteiger partial charge in [-0.05, 0) is 25.6 Å². The Morgan fingerprint density at radius 1 is 0.720 bits per heavy atom. The fourth-order valence-electron chi connectivity index (χ4n) is 3.56. The zero-order valence-corrected chi connectivity index (χ0v) is 20.0. The van der Waals surface area contributed by atoms with Crippen molar-refractivity contribution >= 4 is 21.3 Å². The summed E-state index contributed by atoms with van der Waals surface area (Å²) in [7, 11) is 2.22. The predicted molar refractivity (Wildman–Crippen MR) is 121 cm³/mol. The zero-order valence-electron chi connectivity index (χ0n) is 17.8. The second kappa shape index (κ2) is 20.8. The molecule has 0 aromatic carbocycles. The van der Waals surface area contributed by atoms with Gasteiger partial charge in [-0.3, -0.25) is 0 Å². The Labute approximate surface area is 167 Å². The minimum Gasteiger partial charge on any atom is -0.329 e. The summed E-state index contributed by atoms with van der Waals surface area (Å²) in [5.74, 6) is 0.849. The van der Waals surface area contributed by atoms with Crippen LogP contribution in [0.4, 0.5) is 0 Å². The molecule has 0 aromatic heterocycles. The zero-order chi connectivity index (χ0) is 18.6. The molecule has 0 aliphatic carbocycles. The van der Waals surface area contributed by atoms with Gasteiger partial charge in [-0.25, -0.2) is 0 Å². The van der Waals surface area contributed by atoms with Crippen LogP contribution in [-0.4, -0.2) is 33.2 Å². The van der Waals surface area contributed by atoms with Gasteiger partial charge in [-0.15, -0.1) is 11.6 Å². The van der Waals surface area contributed by atoms with Crippen LogP contribution in [0.2, 0.25) is 6.04 Å². The number of unbranched alkanes of at least 4 members (excludes halogenated alkanes) is 14. The highest BCUT2D eigenvalue weighted by Gasteiger charge is 2.08. The molecule has 0 spiro atoms. The standard InChI is InChI=1S/C22H48ClNSi/c1-4-5-6-7-8-9-10-11-12-13-14-15-16-17-18-19-22(2)24(3)25-21-20-23/h22H,4-21,25H2,1-3H3. The van der Waals surface area contributed by atoms with Crippen molar-refractivity contribution in [1.29, 1.82) is 0 Å². The van der Waals surface area contributed by atoms with Crippen molar-refractivity contribution < 1.29 is 0 Å². The lowest BCUT2D eigenvalue weighted by atomic mass is 10.0. The molecule has 0 aliphatic rings. The molecular weight excluding hydrogens is 342 g/mol. The number of alkyl halides is 1. The van der Waals surface area contributed by atoms with Gasteiger partial charge in [0.05, 0.1) is 9.68 Å². The lowest BCUT2D eigenvalue weighted by Crippen LogP contribution is -2.32. The van der Waals surface area contributed by atoms with Gasteiger partial charge in [0.2, 0.25) is 0 Å². The Balaban J connectivity index is 3.16. The first-order valence-corrected chi connectivity index (χ1v) is 13.6. The molecular formula is C22H48ClNSi. The summed E-state index contributed by atoms with van der Waals surface area (Å²) < 4.78 is 2.60. The van der Waals surface area contributed by atoms with Gasteiger partial charge in [0.25, 0.3) is 0 Å². The van der Waals surface area contributed by atoms with Crippen LogP contribution in [0.15, 0.2) is 0 Å². The number of halogens is 1. The van der Waals surface area contributed by atoms with Gasteiger partial charge in [-0.1, -0.05) is 110 Å². The molecule has 3 heteroatoms. The van der Waals surface area contributed by atoms with Gasteiger partial charge in [-0.2, -0.15) is 0 Å². The van der Waals surface area contributed by atoms with E-state index >= 15 is 0 Å². The first-order valence-electron chi connectivity index (χ1n) is 11.5. The largest absolute Gasteiger partial charge is 0.329 e. The van der Waals surface area contributed by atoms with Crippen molar-refractivity contribution in [3.8, 4) is 0 Å². The minimum absolute atomic E-state index is 0.0763. The van der Waals surface area contributed by atoms with Gasteiger partial charge in [0.1, 0.15) is 0 Å². The van der Waals surface area contributed by atoms with Gasteiger partial charge in [0.15, 0.2) is 0 Å². The summed E-state index contributed by atoms with van der Waals surface area (Å²) in [5.41, 5.74) is 0. The number of rotatable bonds is 20. The first kappa shape index (κ1) is 25.5. The minimum atomic E-state index is -0.0763. The summed E-state index contributed by atoms with van der Waals surface area (Å²) in [6, 6.07) is 2.03. The molecule has 0 aliphatic heterocycles. The predicted octanol–water partition coefficient (Wildman–Crippen LogP) is 7.31. The summed E-state index contributed by atoms with van der Waals surface area (Å²) >= 11 is 5.80. The smallest absolute Gasteiger partial charge is 0.0961 e. The molecule has 152 valence electrons. The van der Waals surface area contributed by atoms with Crippen LogP contribution >= 0.6 is 11.6 Å². The molecule has 0 saturated carbocycles. The summed E-state index contributed by atoms with van der Waals surface area (Å²) in [4.78, 5) is 0. The first-order chi connectivity index (χ1) is 12.2. The number of nitrogens with zero attached hydrogens (tertiary/aromatic N) is 1. The maximum atomic E-state index is 5.80. The van der Waals surface area contributed by atoms with E-state index in [-0.39, 0.29) is 9.68 Å². The Morgan fingerprint density at radius 2 is 1.12 bits per heavy atom. The molecule has 1 nitrogen and oxygen atoms in total. The van der Waals surface area contributed by atoms with E-state index in [9.17, 15) is 0 Å². The van der Waals surface area contributed by atoms with Crippen molar-refractivity contribution in [2.75, 3.05) is 12.9 Å². The maximum Gasteiger partial charge on any atom is 0.0961 e. The molecule has 0 amide bonds. The van der Waals surface area contributed by atoms with Crippen molar-refractivity contribution in [3.63, 3.8) is 0 Å². The Hall–Kier alpha value is 0.467. The fourth-order valence-corrected chi connectivity index (χ4v) is 5.16. The molecule has 1 unspecified atom stereocenters. The van der Waals surface area contributed by atoms with Crippen LogP contribution in [0, 0.1) is 0 Å². The van der Waals surface area contributed by atoms with Crippen molar-refractivity contribution in [1.82, 2.24) is 4.57 Å². The highest BCUT2D eigenvalue weighted by molar-refractivity contribution is 6.35. The third kappa shape index (κ3) is 19.0. The van der Waals surface area contributed by atoms with Gasteiger partial charge < -0.3 is 4.57 Å². The highest BCUT2D eigenvalue weighted by Crippen LogP contribution is 2.14. The summed E-state index contributed by atoms with van der Waals surface area (Å²) in [6.45, 7) is 4.69. The van der Waals surface area contributed by atoms with E-state index in [1.54, 1.807) is 0 Å². The topological polar surface area (TPSA) is 3.24 Å². The van der Waals surface area contributed by atoms with Crippen molar-refractivity contribution in [2.24, 2.45) is 0 Å². The van der Waals surface area contributed by atoms with E-state index in [0.29, 0.717) is 0 Å². The number of hydrogen-bond acceptors (Lipinski definition) is 1. The Morgan fingerprint density at radius 3 is 1.52 bits per heavy atom. The van der Waals surface area contributed by atoms with Crippen molar-refractivity contribution in [2.45, 2.75) is 129 Å². The maximum absolute atomic E-state index is 5.80. The van der Waals surface area contributed by atoms with Crippen LogP contribution in [-0.2, 0) is 0 Å². The van der Waals surface area contributed by atoms with Crippen LogP contribution in [0.5, 0.6) is 0 Å². The Kier molecular flexibility index (Phi) is 21.2. The van der Waals surface area contributed by atoms with Gasteiger partial charge >= 0.3 is 0 Å². The fraction of sp³-hybridized carbons (Fsp3) is 1.00. The van der Waals surface area contributed by atoms with E-state index in [2.05, 4.69) is 25.5 Å². The second-order valence-corrected chi connectivity index (χ2v) is 10.6. The van der Waals surface area contributed by atoms with Gasteiger partial charge in [0, 0.05) is 5.88 Å². The third-order valence-corrected chi connectivity index (χ3v) is 8.34. The van der Waals surface area contributed by atoms with Crippen LogP contribution in [0.25, 0.3) is 0 Å². The molecule has 0 aromatic rings. The van der Waals surface area contributed by atoms with E-state index < -0.39 is 0 Å². The van der Waals surface area contributed by atoms with E-state index in [1.165, 1.54) is 109 Å². The second-order valence-electron chi connectivity index (χ2n) is 8.11.